The molecular weight excluding hydrogens is 539 g/mol. The molecule has 1 fully saturated rings. The molecule has 4 amide bonds. The van der Waals surface area contributed by atoms with E-state index in [4.69, 9.17) is 6.57 Å². The molecule has 1 aromatic heterocycles. The summed E-state index contributed by atoms with van der Waals surface area (Å²) in [4.78, 5) is 63.3. The maximum atomic E-state index is 14.7. The number of fused-ring (bicyclic) bond motifs is 3. The molecule has 4 atom stereocenters. The molecule has 10 nitrogen and oxygen atoms in total. The minimum Gasteiger partial charge on any atom is -0.361 e. The second-order valence-corrected chi connectivity index (χ2v) is 11.5. The van der Waals surface area contributed by atoms with Crippen molar-refractivity contribution in [2.24, 2.45) is 5.92 Å². The first kappa shape index (κ1) is 28.8. The van der Waals surface area contributed by atoms with Crippen molar-refractivity contribution >= 4 is 40.2 Å². The largest absolute Gasteiger partial charge is 0.361 e. The fraction of sp³-hybridized carbons (Fsp3) is 0.387. The van der Waals surface area contributed by atoms with E-state index in [-0.39, 0.29) is 30.4 Å². The predicted molar refractivity (Wildman–Crippen MR) is 155 cm³/mol. The first-order chi connectivity index (χ1) is 20.0. The molecule has 218 valence electrons. The summed E-state index contributed by atoms with van der Waals surface area (Å²) in [5.41, 5.74) is 0.782. The highest BCUT2D eigenvalue weighted by atomic mass is 19.1. The van der Waals surface area contributed by atoms with E-state index in [9.17, 15) is 23.6 Å². The van der Waals surface area contributed by atoms with E-state index in [2.05, 4.69) is 20.5 Å². The molecule has 0 unspecified atom stereocenters. The third-order valence-electron chi connectivity index (χ3n) is 8.31. The first-order valence-corrected chi connectivity index (χ1v) is 13.9. The van der Waals surface area contributed by atoms with Gasteiger partial charge in [-0.15, -0.1) is 0 Å². The van der Waals surface area contributed by atoms with Crippen molar-refractivity contribution in [1.29, 1.82) is 0 Å². The van der Waals surface area contributed by atoms with Gasteiger partial charge in [-0.1, -0.05) is 32.0 Å². The number of amides is 4. The van der Waals surface area contributed by atoms with Gasteiger partial charge in [0.25, 0.3) is 11.8 Å². The number of anilines is 1. The lowest BCUT2D eigenvalue weighted by atomic mass is 9.80. The van der Waals surface area contributed by atoms with E-state index >= 15 is 0 Å². The van der Waals surface area contributed by atoms with Gasteiger partial charge in [-0.3, -0.25) is 28.9 Å². The van der Waals surface area contributed by atoms with Gasteiger partial charge < -0.3 is 20.5 Å². The second kappa shape index (κ2) is 10.9. The number of carbonyl (C=O) groups excluding carboxylic acids is 4. The Bertz CT molecular complexity index is 1630. The molecule has 3 aromatic rings. The number of benzene rings is 2. The Hall–Kier alpha value is -4.72. The van der Waals surface area contributed by atoms with Crippen LogP contribution >= 0.6 is 0 Å². The highest BCUT2D eigenvalue weighted by Crippen LogP contribution is 2.47. The molecule has 1 spiro atoms. The van der Waals surface area contributed by atoms with Crippen LogP contribution in [0.1, 0.15) is 49.5 Å². The fourth-order valence-corrected chi connectivity index (χ4v) is 6.15. The van der Waals surface area contributed by atoms with Crippen LogP contribution in [-0.2, 0) is 19.8 Å². The van der Waals surface area contributed by atoms with Gasteiger partial charge in [-0.25, -0.2) is 11.0 Å². The van der Waals surface area contributed by atoms with E-state index in [1.165, 1.54) is 35.9 Å². The SMILES string of the molecule is [C-]#[N+][C@@H]1C[C@@]2(CN1C(=O)[C@H](CC(C)C)N(C)C(=O)[C@H](C)NC(=O)c1c(F)ccc3[nH]ccc13)C(=O)Nc1ccccc12. The zero-order valence-electron chi connectivity index (χ0n) is 23.9. The zero-order valence-corrected chi connectivity index (χ0v) is 23.9. The molecule has 42 heavy (non-hydrogen) atoms. The summed E-state index contributed by atoms with van der Waals surface area (Å²) in [6.07, 6.45) is 1.17. The van der Waals surface area contributed by atoms with Crippen LogP contribution in [0.2, 0.25) is 0 Å². The lowest BCUT2D eigenvalue weighted by molar-refractivity contribution is -0.146. The number of nitrogens with one attached hydrogen (secondary N) is 3. The summed E-state index contributed by atoms with van der Waals surface area (Å²) < 4.78 is 14.7. The van der Waals surface area contributed by atoms with Gasteiger partial charge in [0, 0.05) is 36.4 Å². The molecule has 3 N–H and O–H groups in total. The number of H-pyrrole nitrogens is 1. The van der Waals surface area contributed by atoms with Gasteiger partial charge in [0.1, 0.15) is 23.3 Å². The van der Waals surface area contributed by atoms with E-state index in [1.54, 1.807) is 18.3 Å². The Morgan fingerprint density at radius 3 is 2.64 bits per heavy atom. The van der Waals surface area contributed by atoms with E-state index in [0.29, 0.717) is 23.0 Å². The molecule has 0 bridgehead atoms. The van der Waals surface area contributed by atoms with Crippen molar-refractivity contribution in [2.45, 2.75) is 57.3 Å². The van der Waals surface area contributed by atoms with Crippen molar-refractivity contribution in [1.82, 2.24) is 20.1 Å². The summed E-state index contributed by atoms with van der Waals surface area (Å²) in [5, 5.41) is 5.85. The number of rotatable bonds is 7. The minimum atomic E-state index is -1.08. The number of hydrogen-bond acceptors (Lipinski definition) is 4. The Labute approximate surface area is 243 Å². The topological polar surface area (TPSA) is 119 Å². The summed E-state index contributed by atoms with van der Waals surface area (Å²) in [7, 11) is 1.49. The van der Waals surface area contributed by atoms with Gasteiger partial charge in [0.15, 0.2) is 0 Å². The van der Waals surface area contributed by atoms with E-state index in [1.807, 2.05) is 32.0 Å². The maximum Gasteiger partial charge on any atom is 0.302 e. The molecule has 11 heteroatoms. The summed E-state index contributed by atoms with van der Waals surface area (Å²) in [5.74, 6) is -2.68. The number of aromatic nitrogens is 1. The maximum absolute atomic E-state index is 14.7. The second-order valence-electron chi connectivity index (χ2n) is 11.5. The van der Waals surface area contributed by atoms with Crippen LogP contribution in [0.3, 0.4) is 0 Å². The standard InChI is InChI=1S/C31H33FN6O4/c1-17(2)14-24(29(41)38-16-31(15-25(38)33-4)20-8-6-7-9-23(20)36-30(31)42)37(5)28(40)18(3)35-27(39)26-19-12-13-34-22(19)11-10-21(26)32/h6-13,17-18,24-25,34H,14-16H2,1-3,5H3,(H,35,39)(H,36,42)/t18-,24-,25-,31-/m0/s1. The molecule has 2 aliphatic rings. The number of hydrogen-bond donors (Lipinski definition) is 3. The molecular formula is C31H33FN6O4. The van der Waals surface area contributed by atoms with Crippen LogP contribution < -0.4 is 10.6 Å². The van der Waals surface area contributed by atoms with Crippen molar-refractivity contribution in [2.75, 3.05) is 18.9 Å². The lowest BCUT2D eigenvalue weighted by Gasteiger charge is -2.33. The van der Waals surface area contributed by atoms with Crippen molar-refractivity contribution < 1.29 is 23.6 Å². The van der Waals surface area contributed by atoms with Crippen molar-refractivity contribution in [3.05, 3.63) is 77.0 Å². The molecule has 1 saturated heterocycles. The Kier molecular flexibility index (Phi) is 7.49. The normalized spacial score (nSPS) is 20.7. The summed E-state index contributed by atoms with van der Waals surface area (Å²) >= 11 is 0. The molecule has 0 radical (unpaired) electrons. The number of nitrogens with zero attached hydrogens (tertiary/aromatic N) is 3. The fourth-order valence-electron chi connectivity index (χ4n) is 6.15. The van der Waals surface area contributed by atoms with Crippen LogP contribution in [0, 0.1) is 18.3 Å². The van der Waals surface area contributed by atoms with Gasteiger partial charge in [0.2, 0.25) is 11.8 Å². The highest BCUT2D eigenvalue weighted by Gasteiger charge is 2.59. The predicted octanol–water partition coefficient (Wildman–Crippen LogP) is 3.67. The summed E-state index contributed by atoms with van der Waals surface area (Å²) in [6, 6.07) is 9.55. The number of carbonyl (C=O) groups is 4. The van der Waals surface area contributed by atoms with Crippen molar-refractivity contribution in [3.8, 4) is 0 Å². The molecule has 0 saturated carbocycles. The highest BCUT2D eigenvalue weighted by molar-refractivity contribution is 6.08. The smallest absolute Gasteiger partial charge is 0.302 e. The van der Waals surface area contributed by atoms with Crippen LogP contribution in [0.5, 0.6) is 0 Å². The Morgan fingerprint density at radius 2 is 1.93 bits per heavy atom. The number of likely N-dealkylation sites (tertiary alicyclic amines) is 1. The minimum absolute atomic E-state index is 0.0119. The number of aromatic amines is 1. The number of halogens is 1. The van der Waals surface area contributed by atoms with Gasteiger partial charge in [0.05, 0.1) is 12.0 Å². The van der Waals surface area contributed by atoms with Crippen LogP contribution in [0.4, 0.5) is 10.1 Å². The lowest BCUT2D eigenvalue weighted by Crippen LogP contribution is -2.55. The number of para-hydroxylation sites is 1. The Balaban J connectivity index is 1.37. The first-order valence-electron chi connectivity index (χ1n) is 13.9. The van der Waals surface area contributed by atoms with Crippen LogP contribution in [0.15, 0.2) is 48.7 Å². The molecule has 2 aliphatic heterocycles. The molecule has 5 rings (SSSR count). The van der Waals surface area contributed by atoms with Crippen molar-refractivity contribution in [3.63, 3.8) is 0 Å². The van der Waals surface area contributed by atoms with Gasteiger partial charge in [-0.05, 0) is 49.1 Å². The quantitative estimate of drug-likeness (QED) is 0.375. The average Bonchev–Trinajstić information content (AvgIpc) is 3.66. The van der Waals surface area contributed by atoms with Gasteiger partial charge in [-0.2, -0.15) is 0 Å². The monoisotopic (exact) mass is 572 g/mol. The molecule has 0 aliphatic carbocycles. The summed E-state index contributed by atoms with van der Waals surface area (Å²) in [6.45, 7) is 13.2. The van der Waals surface area contributed by atoms with E-state index in [0.717, 1.165) is 5.56 Å². The third-order valence-corrected chi connectivity index (χ3v) is 8.31. The van der Waals surface area contributed by atoms with Crippen LogP contribution in [-0.4, -0.2) is 70.3 Å². The number of likely N-dealkylation sites (N-methyl/N-ethyl adjacent to an activating group) is 1. The van der Waals surface area contributed by atoms with Gasteiger partial charge >= 0.3 is 6.17 Å². The molecule has 3 heterocycles. The van der Waals surface area contributed by atoms with Crippen LogP contribution in [0.25, 0.3) is 15.7 Å². The third kappa shape index (κ3) is 4.76. The Morgan fingerprint density at radius 1 is 1.19 bits per heavy atom. The van der Waals surface area contributed by atoms with E-state index < -0.39 is 47.2 Å². The zero-order chi connectivity index (χ0) is 30.3. The average molecular weight is 573 g/mol. The molecule has 2 aromatic carbocycles.